The molecule has 0 saturated carbocycles. The molecule has 88 valence electrons. The van der Waals surface area contributed by atoms with Crippen LogP contribution in [0.1, 0.15) is 26.7 Å². The van der Waals surface area contributed by atoms with Crippen molar-refractivity contribution in [2.75, 3.05) is 20.6 Å². The molecule has 2 N–H and O–H groups in total. The van der Waals surface area contributed by atoms with Crippen LogP contribution in [0.5, 0.6) is 0 Å². The zero-order valence-electron chi connectivity index (χ0n) is 9.83. The molecule has 15 heavy (non-hydrogen) atoms. The van der Waals surface area contributed by atoms with Gasteiger partial charge in [0.15, 0.2) is 0 Å². The average molecular weight is 216 g/mol. The number of carboxylic acid groups (broad SMARTS) is 1. The Hall–Kier alpha value is -1.10. The van der Waals surface area contributed by atoms with E-state index in [1.54, 1.807) is 0 Å². The van der Waals surface area contributed by atoms with E-state index in [4.69, 9.17) is 5.11 Å². The monoisotopic (exact) mass is 216 g/mol. The molecule has 0 rings (SSSR count). The summed E-state index contributed by atoms with van der Waals surface area (Å²) in [5.41, 5.74) is -1.14. The molecular formula is C10H20N2O3. The summed E-state index contributed by atoms with van der Waals surface area (Å²) in [7, 11) is 3.34. The summed E-state index contributed by atoms with van der Waals surface area (Å²) >= 11 is 0. The third-order valence-electron chi connectivity index (χ3n) is 2.55. The van der Waals surface area contributed by atoms with Gasteiger partial charge in [-0.15, -0.1) is 0 Å². The van der Waals surface area contributed by atoms with E-state index in [0.29, 0.717) is 6.42 Å². The smallest absolute Gasteiger partial charge is 0.329 e. The van der Waals surface area contributed by atoms with Crippen LogP contribution in [0.15, 0.2) is 0 Å². The maximum atomic E-state index is 11.6. The maximum absolute atomic E-state index is 11.6. The highest BCUT2D eigenvalue weighted by Crippen LogP contribution is 2.14. The molecule has 0 saturated heterocycles. The average Bonchev–Trinajstić information content (AvgIpc) is 2.16. The molecular weight excluding hydrogens is 196 g/mol. The number of rotatable bonds is 6. The Labute approximate surface area is 90.5 Å². The van der Waals surface area contributed by atoms with Crippen LogP contribution in [-0.2, 0) is 9.59 Å². The lowest BCUT2D eigenvalue weighted by Crippen LogP contribution is -2.50. The number of hydrogen-bond donors (Lipinski definition) is 2. The van der Waals surface area contributed by atoms with Crippen molar-refractivity contribution in [2.45, 2.75) is 32.2 Å². The van der Waals surface area contributed by atoms with Gasteiger partial charge in [-0.3, -0.25) is 4.79 Å². The summed E-state index contributed by atoms with van der Waals surface area (Å²) in [4.78, 5) is 23.8. The maximum Gasteiger partial charge on any atom is 0.329 e. The second-order valence-electron chi connectivity index (χ2n) is 4.02. The third kappa shape index (κ3) is 3.87. The Morgan fingerprint density at radius 3 is 2.33 bits per heavy atom. The first-order chi connectivity index (χ1) is 6.84. The van der Waals surface area contributed by atoms with E-state index >= 15 is 0 Å². The van der Waals surface area contributed by atoms with Gasteiger partial charge in [-0.25, -0.2) is 4.79 Å². The van der Waals surface area contributed by atoms with Crippen molar-refractivity contribution in [3.63, 3.8) is 0 Å². The zero-order valence-corrected chi connectivity index (χ0v) is 9.83. The quantitative estimate of drug-likeness (QED) is 0.627. The topological polar surface area (TPSA) is 69.6 Å². The molecule has 0 spiro atoms. The van der Waals surface area contributed by atoms with E-state index in [1.165, 1.54) is 25.8 Å². The minimum absolute atomic E-state index is 0.141. The molecule has 5 heteroatoms. The number of carbonyl (C=O) groups is 2. The molecule has 0 heterocycles. The van der Waals surface area contributed by atoms with Crippen LogP contribution < -0.4 is 5.32 Å². The number of nitrogens with one attached hydrogen (secondary N) is 1. The predicted octanol–water partition coefficient (Wildman–Crippen LogP) is 0.308. The second kappa shape index (κ2) is 5.70. The number of likely N-dealkylation sites (N-methyl/N-ethyl adjacent to an activating group) is 1. The zero-order chi connectivity index (χ0) is 12.1. The molecule has 1 amide bonds. The Morgan fingerprint density at radius 2 is 1.93 bits per heavy atom. The highest BCUT2D eigenvalue weighted by Gasteiger charge is 2.34. The largest absolute Gasteiger partial charge is 0.480 e. The van der Waals surface area contributed by atoms with Crippen molar-refractivity contribution in [3.05, 3.63) is 0 Å². The number of carboxylic acids is 1. The summed E-state index contributed by atoms with van der Waals surface area (Å²) in [5.74, 6) is -1.13. The lowest BCUT2D eigenvalue weighted by molar-refractivity contribution is -0.155. The number of aliphatic carboxylic acids is 1. The molecule has 0 atom stereocenters. The van der Waals surface area contributed by atoms with E-state index < -0.39 is 11.5 Å². The summed E-state index contributed by atoms with van der Waals surface area (Å²) in [6.07, 6.45) is 1.09. The van der Waals surface area contributed by atoms with E-state index in [2.05, 4.69) is 5.32 Å². The molecule has 0 radical (unpaired) electrons. The van der Waals surface area contributed by atoms with Crippen LogP contribution in [0, 0.1) is 0 Å². The summed E-state index contributed by atoms with van der Waals surface area (Å²) < 4.78 is 0. The molecule has 0 unspecified atom stereocenters. The number of hydrogen-bond acceptors (Lipinski definition) is 3. The van der Waals surface area contributed by atoms with Crippen LogP contribution in [0.2, 0.25) is 0 Å². The molecule has 0 aliphatic rings. The number of amides is 1. The van der Waals surface area contributed by atoms with Crippen LogP contribution in [-0.4, -0.2) is 48.1 Å². The summed E-state index contributed by atoms with van der Waals surface area (Å²) in [6, 6.07) is 0. The molecule has 0 fully saturated rings. The van der Waals surface area contributed by atoms with Gasteiger partial charge < -0.3 is 15.3 Å². The fraction of sp³-hybridized carbons (Fsp3) is 0.800. The highest BCUT2D eigenvalue weighted by atomic mass is 16.4. The number of carbonyl (C=O) groups excluding carboxylic acids is 1. The molecule has 0 aromatic rings. The normalized spacial score (nSPS) is 11.2. The summed E-state index contributed by atoms with van der Waals surface area (Å²) in [5, 5.41) is 11.9. The van der Waals surface area contributed by atoms with Crippen LogP contribution >= 0.6 is 0 Å². The SMILES string of the molecule is CNCCCC(=O)N(C)C(C)(C)C(=O)O. The van der Waals surface area contributed by atoms with Gasteiger partial charge >= 0.3 is 5.97 Å². The van der Waals surface area contributed by atoms with Crippen molar-refractivity contribution in [2.24, 2.45) is 0 Å². The standard InChI is InChI=1S/C10H20N2O3/c1-10(2,9(14)15)12(4)8(13)6-5-7-11-3/h11H,5-7H2,1-4H3,(H,14,15). The Kier molecular flexibility index (Phi) is 5.28. The van der Waals surface area contributed by atoms with Crippen molar-refractivity contribution in [3.8, 4) is 0 Å². The van der Waals surface area contributed by atoms with Crippen LogP contribution in [0.3, 0.4) is 0 Å². The van der Waals surface area contributed by atoms with Gasteiger partial charge in [0.1, 0.15) is 5.54 Å². The fourth-order valence-corrected chi connectivity index (χ4v) is 1.04. The summed E-state index contributed by atoms with van der Waals surface area (Å²) in [6.45, 7) is 3.80. The van der Waals surface area contributed by atoms with Gasteiger partial charge in [0, 0.05) is 13.5 Å². The third-order valence-corrected chi connectivity index (χ3v) is 2.55. The molecule has 5 nitrogen and oxygen atoms in total. The first kappa shape index (κ1) is 13.9. The van der Waals surface area contributed by atoms with Gasteiger partial charge in [-0.2, -0.15) is 0 Å². The lowest BCUT2D eigenvalue weighted by Gasteiger charge is -2.31. The Morgan fingerprint density at radius 1 is 1.40 bits per heavy atom. The van der Waals surface area contributed by atoms with Gasteiger partial charge in [-0.05, 0) is 33.9 Å². The lowest BCUT2D eigenvalue weighted by atomic mass is 10.0. The van der Waals surface area contributed by atoms with E-state index in [0.717, 1.165) is 13.0 Å². The van der Waals surface area contributed by atoms with Gasteiger partial charge in [0.05, 0.1) is 0 Å². The van der Waals surface area contributed by atoms with Crippen molar-refractivity contribution < 1.29 is 14.7 Å². The minimum atomic E-state index is -1.14. The highest BCUT2D eigenvalue weighted by molar-refractivity contribution is 5.86. The Balaban J connectivity index is 4.25. The van der Waals surface area contributed by atoms with Crippen LogP contribution in [0.4, 0.5) is 0 Å². The molecule has 0 aliphatic heterocycles. The molecule has 0 aliphatic carbocycles. The Bertz CT molecular complexity index is 239. The minimum Gasteiger partial charge on any atom is -0.480 e. The van der Waals surface area contributed by atoms with E-state index in [9.17, 15) is 9.59 Å². The molecule has 0 aromatic carbocycles. The first-order valence-electron chi connectivity index (χ1n) is 4.98. The molecule has 0 bridgehead atoms. The predicted molar refractivity (Wildman–Crippen MR) is 57.6 cm³/mol. The van der Waals surface area contributed by atoms with Crippen LogP contribution in [0.25, 0.3) is 0 Å². The first-order valence-corrected chi connectivity index (χ1v) is 4.98. The van der Waals surface area contributed by atoms with Gasteiger partial charge in [-0.1, -0.05) is 0 Å². The van der Waals surface area contributed by atoms with E-state index in [1.807, 2.05) is 7.05 Å². The fourth-order valence-electron chi connectivity index (χ4n) is 1.04. The van der Waals surface area contributed by atoms with E-state index in [-0.39, 0.29) is 5.91 Å². The van der Waals surface area contributed by atoms with Gasteiger partial charge in [0.25, 0.3) is 0 Å². The van der Waals surface area contributed by atoms with Gasteiger partial charge in [0.2, 0.25) is 5.91 Å². The van der Waals surface area contributed by atoms with Crippen molar-refractivity contribution in [1.29, 1.82) is 0 Å². The number of nitrogens with zero attached hydrogens (tertiary/aromatic N) is 1. The van der Waals surface area contributed by atoms with Crippen molar-refractivity contribution >= 4 is 11.9 Å². The second-order valence-corrected chi connectivity index (χ2v) is 4.02. The molecule has 0 aromatic heterocycles. The van der Waals surface area contributed by atoms with Crippen molar-refractivity contribution in [1.82, 2.24) is 10.2 Å².